The van der Waals surface area contributed by atoms with Crippen molar-refractivity contribution >= 4 is 71.6 Å². The predicted molar refractivity (Wildman–Crippen MR) is 257 cm³/mol. The molecule has 0 fully saturated rings. The van der Waals surface area contributed by atoms with Gasteiger partial charge in [0.1, 0.15) is 11.2 Å². The van der Waals surface area contributed by atoms with Gasteiger partial charge in [0.2, 0.25) is 0 Å². The summed E-state index contributed by atoms with van der Waals surface area (Å²) in [5, 5.41) is 7.08. The van der Waals surface area contributed by atoms with E-state index in [0.717, 1.165) is 66.9 Å². The Hall–Kier alpha value is -8.14. The van der Waals surface area contributed by atoms with Crippen LogP contribution in [0.3, 0.4) is 0 Å². The van der Waals surface area contributed by atoms with Crippen LogP contribution in [0.5, 0.6) is 0 Å². The first-order valence-electron chi connectivity index (χ1n) is 20.9. The van der Waals surface area contributed by atoms with Gasteiger partial charge in [-0.15, -0.1) is 0 Å². The summed E-state index contributed by atoms with van der Waals surface area (Å²) >= 11 is 0. The summed E-state index contributed by atoms with van der Waals surface area (Å²) in [6.45, 7) is 0. The van der Waals surface area contributed by atoms with Crippen molar-refractivity contribution in [3.8, 4) is 39.1 Å². The van der Waals surface area contributed by atoms with Crippen LogP contribution in [0.4, 0.5) is 17.1 Å². The molecule has 12 aromatic rings. The van der Waals surface area contributed by atoms with E-state index >= 15 is 0 Å². The van der Waals surface area contributed by atoms with Gasteiger partial charge in [0.25, 0.3) is 0 Å². The van der Waals surface area contributed by atoms with Crippen LogP contribution >= 0.6 is 0 Å². The van der Waals surface area contributed by atoms with Crippen LogP contribution in [0.25, 0.3) is 93.6 Å². The lowest BCUT2D eigenvalue weighted by Gasteiger charge is -2.30. The van der Waals surface area contributed by atoms with E-state index in [1.165, 1.54) is 43.8 Å². The number of furan rings is 1. The van der Waals surface area contributed by atoms with Gasteiger partial charge in [-0.1, -0.05) is 176 Å². The molecule has 0 saturated heterocycles. The van der Waals surface area contributed by atoms with E-state index in [4.69, 9.17) is 4.42 Å². The number of hydrogen-bond donors (Lipinski definition) is 0. The molecule has 0 bridgehead atoms. The molecule has 2 heterocycles. The van der Waals surface area contributed by atoms with E-state index in [0.29, 0.717) is 0 Å². The summed E-state index contributed by atoms with van der Waals surface area (Å²) in [7, 11) is 0. The number of aromatic nitrogens is 1. The summed E-state index contributed by atoms with van der Waals surface area (Å²) in [6, 6.07) is 83.0. The van der Waals surface area contributed by atoms with E-state index in [1.807, 2.05) is 6.07 Å². The summed E-state index contributed by atoms with van der Waals surface area (Å²) in [5.74, 6) is 0. The monoisotopic (exact) mass is 778 g/mol. The molecule has 0 saturated carbocycles. The standard InChI is InChI=1S/C58H38N2O/c1-3-18-39(19-4-1)43-28-15-20-40-21-16-29-48(57(40)43)45-25-8-12-32-52(45)60(42-36-37-47-44-24-7-11-31-51(44)59(54(47)38-42)41-22-5-2-6-23-41)53-33-13-9-26-46(53)49-30-17-35-56-58(49)50-27-10-14-34-55(50)61-56/h1-38H. The SMILES string of the molecule is c1ccc(-c2cccc3cccc(-c4ccccc4N(c4ccc5c6ccccc6n(-c6ccccc6)c5c4)c4ccccc4-c4cccc5oc6ccccc6c45)c23)cc1. The highest BCUT2D eigenvalue weighted by Crippen LogP contribution is 2.49. The molecular weight excluding hydrogens is 741 g/mol. The first kappa shape index (κ1) is 34.9. The lowest BCUT2D eigenvalue weighted by molar-refractivity contribution is 0.669. The fourth-order valence-electron chi connectivity index (χ4n) is 9.58. The molecule has 3 heteroatoms. The second kappa shape index (κ2) is 14.3. The molecule has 3 nitrogen and oxygen atoms in total. The average Bonchev–Trinajstić information content (AvgIpc) is 3.88. The molecule has 0 N–H and O–H groups in total. The lowest BCUT2D eigenvalue weighted by Crippen LogP contribution is -2.12. The van der Waals surface area contributed by atoms with Crippen molar-refractivity contribution in [3.63, 3.8) is 0 Å². The highest BCUT2D eigenvalue weighted by molar-refractivity contribution is 6.15. The smallest absolute Gasteiger partial charge is 0.136 e. The highest BCUT2D eigenvalue weighted by Gasteiger charge is 2.25. The summed E-state index contributed by atoms with van der Waals surface area (Å²) in [6.07, 6.45) is 0. The number of hydrogen-bond acceptors (Lipinski definition) is 2. The van der Waals surface area contributed by atoms with Crippen LogP contribution in [-0.4, -0.2) is 4.57 Å². The van der Waals surface area contributed by atoms with Gasteiger partial charge in [0, 0.05) is 44.0 Å². The van der Waals surface area contributed by atoms with Crippen molar-refractivity contribution in [2.45, 2.75) is 0 Å². The Bertz CT molecular complexity index is 3590. The van der Waals surface area contributed by atoms with Crippen LogP contribution in [0.15, 0.2) is 235 Å². The quantitative estimate of drug-likeness (QED) is 0.161. The van der Waals surface area contributed by atoms with E-state index in [9.17, 15) is 0 Å². The van der Waals surface area contributed by atoms with Crippen LogP contribution < -0.4 is 4.90 Å². The number of benzene rings is 10. The summed E-state index contributed by atoms with van der Waals surface area (Å²) < 4.78 is 8.87. The van der Waals surface area contributed by atoms with E-state index in [1.54, 1.807) is 0 Å². The molecule has 0 spiro atoms. The minimum absolute atomic E-state index is 0.874. The Morgan fingerprint density at radius 3 is 1.64 bits per heavy atom. The Morgan fingerprint density at radius 1 is 0.344 bits per heavy atom. The van der Waals surface area contributed by atoms with Crippen LogP contribution in [-0.2, 0) is 0 Å². The second-order valence-corrected chi connectivity index (χ2v) is 15.6. The third kappa shape index (κ3) is 5.66. The fourth-order valence-corrected chi connectivity index (χ4v) is 9.58. The first-order chi connectivity index (χ1) is 30.3. The molecule has 61 heavy (non-hydrogen) atoms. The number of nitrogens with zero attached hydrogens (tertiary/aromatic N) is 2. The van der Waals surface area contributed by atoms with Gasteiger partial charge < -0.3 is 13.9 Å². The molecule has 0 aliphatic carbocycles. The van der Waals surface area contributed by atoms with E-state index in [-0.39, 0.29) is 0 Å². The van der Waals surface area contributed by atoms with Crippen molar-refractivity contribution in [3.05, 3.63) is 231 Å². The summed E-state index contributed by atoms with van der Waals surface area (Å²) in [5.41, 5.74) is 15.4. The van der Waals surface area contributed by atoms with Crippen molar-refractivity contribution < 1.29 is 4.42 Å². The Kier molecular flexibility index (Phi) is 8.17. The molecule has 286 valence electrons. The molecule has 0 radical (unpaired) electrons. The highest BCUT2D eigenvalue weighted by atomic mass is 16.3. The minimum Gasteiger partial charge on any atom is -0.456 e. The maximum atomic E-state index is 6.47. The maximum Gasteiger partial charge on any atom is 0.136 e. The normalized spacial score (nSPS) is 11.6. The predicted octanol–water partition coefficient (Wildman–Crippen LogP) is 16.3. The van der Waals surface area contributed by atoms with Crippen molar-refractivity contribution in [2.24, 2.45) is 0 Å². The fraction of sp³-hybridized carbons (Fsp3) is 0. The van der Waals surface area contributed by atoms with Gasteiger partial charge >= 0.3 is 0 Å². The Labute approximate surface area is 353 Å². The van der Waals surface area contributed by atoms with Gasteiger partial charge in [0.15, 0.2) is 0 Å². The number of para-hydroxylation sites is 5. The molecule has 10 aromatic carbocycles. The van der Waals surface area contributed by atoms with Crippen molar-refractivity contribution in [1.82, 2.24) is 4.57 Å². The molecule has 0 aliphatic rings. The molecule has 0 atom stereocenters. The largest absolute Gasteiger partial charge is 0.456 e. The minimum atomic E-state index is 0.874. The first-order valence-corrected chi connectivity index (χ1v) is 20.9. The summed E-state index contributed by atoms with van der Waals surface area (Å²) in [4.78, 5) is 2.47. The second-order valence-electron chi connectivity index (χ2n) is 15.6. The number of rotatable bonds is 7. The van der Waals surface area contributed by atoms with Gasteiger partial charge in [-0.2, -0.15) is 0 Å². The van der Waals surface area contributed by atoms with Crippen LogP contribution in [0.1, 0.15) is 0 Å². The zero-order valence-corrected chi connectivity index (χ0v) is 33.2. The number of fused-ring (bicyclic) bond motifs is 7. The zero-order chi connectivity index (χ0) is 40.3. The van der Waals surface area contributed by atoms with E-state index in [2.05, 4.69) is 234 Å². The molecule has 0 unspecified atom stereocenters. The third-order valence-electron chi connectivity index (χ3n) is 12.2. The van der Waals surface area contributed by atoms with Crippen LogP contribution in [0.2, 0.25) is 0 Å². The molecule has 12 rings (SSSR count). The van der Waals surface area contributed by atoms with Crippen LogP contribution in [0, 0.1) is 0 Å². The van der Waals surface area contributed by atoms with Crippen molar-refractivity contribution in [1.29, 1.82) is 0 Å². The Balaban J connectivity index is 1.17. The topological polar surface area (TPSA) is 21.3 Å². The number of anilines is 3. The van der Waals surface area contributed by atoms with Crippen molar-refractivity contribution in [2.75, 3.05) is 4.90 Å². The van der Waals surface area contributed by atoms with Gasteiger partial charge in [-0.25, -0.2) is 0 Å². The molecule has 0 aliphatic heterocycles. The Morgan fingerprint density at radius 2 is 0.885 bits per heavy atom. The average molecular weight is 779 g/mol. The molecular formula is C58H38N2O. The molecule has 2 aromatic heterocycles. The van der Waals surface area contributed by atoms with Gasteiger partial charge in [-0.3, -0.25) is 0 Å². The molecule has 0 amide bonds. The lowest BCUT2D eigenvalue weighted by atomic mass is 9.90. The third-order valence-corrected chi connectivity index (χ3v) is 12.2. The van der Waals surface area contributed by atoms with Gasteiger partial charge in [0.05, 0.1) is 22.4 Å². The van der Waals surface area contributed by atoms with Gasteiger partial charge in [-0.05, 0) is 87.6 Å². The zero-order valence-electron chi connectivity index (χ0n) is 33.2. The van der Waals surface area contributed by atoms with E-state index < -0.39 is 0 Å². The maximum absolute atomic E-state index is 6.47.